The molecule has 2 N–H and O–H groups in total. The van der Waals surface area contributed by atoms with Gasteiger partial charge in [0.05, 0.1) is 5.69 Å². The van der Waals surface area contributed by atoms with E-state index < -0.39 is 0 Å². The van der Waals surface area contributed by atoms with Crippen molar-refractivity contribution < 1.29 is 0 Å². The number of aryl methyl sites for hydroxylation is 2. The van der Waals surface area contributed by atoms with Gasteiger partial charge >= 0.3 is 0 Å². The predicted octanol–water partition coefficient (Wildman–Crippen LogP) is 1.37. The topological polar surface area (TPSA) is 56.7 Å². The second-order valence-corrected chi connectivity index (χ2v) is 4.02. The largest absolute Gasteiger partial charge is 0.324 e. The number of rotatable bonds is 3. The van der Waals surface area contributed by atoms with Crippen molar-refractivity contribution in [3.63, 3.8) is 0 Å². The highest BCUT2D eigenvalue weighted by molar-refractivity contribution is 5.26. The van der Waals surface area contributed by atoms with Crippen molar-refractivity contribution in [1.82, 2.24) is 14.8 Å². The molecule has 0 saturated heterocycles. The van der Waals surface area contributed by atoms with Crippen molar-refractivity contribution in [3.8, 4) is 0 Å². The van der Waals surface area contributed by atoms with Gasteiger partial charge in [-0.15, -0.1) is 0 Å². The van der Waals surface area contributed by atoms with E-state index in [-0.39, 0.29) is 6.04 Å². The number of aromatic nitrogens is 3. The van der Waals surface area contributed by atoms with E-state index in [4.69, 9.17) is 5.73 Å². The maximum absolute atomic E-state index is 6.16. The first-order valence-corrected chi connectivity index (χ1v) is 5.31. The van der Waals surface area contributed by atoms with Gasteiger partial charge in [0.25, 0.3) is 0 Å². The van der Waals surface area contributed by atoms with Crippen LogP contribution in [0.5, 0.6) is 0 Å². The standard InChI is InChI=1S/C12H16N4/c1-9-8-14-5-3-11(9)12(13)7-10-4-6-16(2)15-10/h3-6,8,12H,7,13H2,1-2H3. The molecule has 0 aromatic carbocycles. The first-order chi connectivity index (χ1) is 7.66. The zero-order valence-corrected chi connectivity index (χ0v) is 9.59. The third kappa shape index (κ3) is 2.28. The molecule has 0 bridgehead atoms. The number of nitrogens with two attached hydrogens (primary N) is 1. The Morgan fingerprint density at radius 1 is 1.44 bits per heavy atom. The summed E-state index contributed by atoms with van der Waals surface area (Å²) in [6.45, 7) is 2.03. The number of pyridine rings is 1. The van der Waals surface area contributed by atoms with Crippen LogP contribution in [0, 0.1) is 6.92 Å². The average Bonchev–Trinajstić information content (AvgIpc) is 2.64. The van der Waals surface area contributed by atoms with E-state index in [2.05, 4.69) is 10.1 Å². The van der Waals surface area contributed by atoms with Crippen LogP contribution in [0.25, 0.3) is 0 Å². The smallest absolute Gasteiger partial charge is 0.0643 e. The molecule has 0 amide bonds. The summed E-state index contributed by atoms with van der Waals surface area (Å²) >= 11 is 0. The maximum atomic E-state index is 6.16. The van der Waals surface area contributed by atoms with Crippen molar-refractivity contribution >= 4 is 0 Å². The fourth-order valence-corrected chi connectivity index (χ4v) is 1.81. The van der Waals surface area contributed by atoms with Crippen LogP contribution in [0.4, 0.5) is 0 Å². The predicted molar refractivity (Wildman–Crippen MR) is 62.8 cm³/mol. The monoisotopic (exact) mass is 216 g/mol. The third-order valence-corrected chi connectivity index (χ3v) is 2.66. The highest BCUT2D eigenvalue weighted by atomic mass is 15.2. The van der Waals surface area contributed by atoms with Crippen molar-refractivity contribution in [3.05, 3.63) is 47.5 Å². The van der Waals surface area contributed by atoms with Crippen molar-refractivity contribution in [1.29, 1.82) is 0 Å². The number of hydrogen-bond acceptors (Lipinski definition) is 3. The second kappa shape index (κ2) is 4.45. The average molecular weight is 216 g/mol. The van der Waals surface area contributed by atoms with Gasteiger partial charge in [0, 0.05) is 38.1 Å². The fourth-order valence-electron chi connectivity index (χ4n) is 1.81. The van der Waals surface area contributed by atoms with E-state index in [0.717, 1.165) is 23.2 Å². The molecule has 1 atom stereocenters. The van der Waals surface area contributed by atoms with E-state index in [0.29, 0.717) is 0 Å². The Hall–Kier alpha value is -1.68. The molecule has 2 aromatic rings. The molecule has 4 nitrogen and oxygen atoms in total. The molecule has 0 saturated carbocycles. The molecule has 2 aromatic heterocycles. The molecular formula is C12H16N4. The number of hydrogen-bond donors (Lipinski definition) is 1. The van der Waals surface area contributed by atoms with E-state index >= 15 is 0 Å². The summed E-state index contributed by atoms with van der Waals surface area (Å²) in [6.07, 6.45) is 6.31. The normalized spacial score (nSPS) is 12.7. The first-order valence-electron chi connectivity index (χ1n) is 5.31. The molecule has 0 radical (unpaired) electrons. The van der Waals surface area contributed by atoms with Crippen molar-refractivity contribution in [2.75, 3.05) is 0 Å². The molecule has 0 fully saturated rings. The zero-order chi connectivity index (χ0) is 11.5. The molecule has 16 heavy (non-hydrogen) atoms. The van der Waals surface area contributed by atoms with Crippen LogP contribution in [0.2, 0.25) is 0 Å². The van der Waals surface area contributed by atoms with Gasteiger partial charge in [-0.3, -0.25) is 9.67 Å². The van der Waals surface area contributed by atoms with E-state index in [1.54, 1.807) is 10.9 Å². The summed E-state index contributed by atoms with van der Waals surface area (Å²) in [4.78, 5) is 4.06. The van der Waals surface area contributed by atoms with Crippen LogP contribution < -0.4 is 5.73 Å². The van der Waals surface area contributed by atoms with Crippen LogP contribution in [0.15, 0.2) is 30.7 Å². The molecule has 1 unspecified atom stereocenters. The molecule has 2 rings (SSSR count). The van der Waals surface area contributed by atoms with Gasteiger partial charge in [0.1, 0.15) is 0 Å². The van der Waals surface area contributed by atoms with Gasteiger partial charge in [-0.25, -0.2) is 0 Å². The SMILES string of the molecule is Cc1cnccc1C(N)Cc1ccn(C)n1. The Morgan fingerprint density at radius 2 is 2.25 bits per heavy atom. The van der Waals surface area contributed by atoms with Gasteiger partial charge in [0.2, 0.25) is 0 Å². The molecule has 0 aliphatic heterocycles. The van der Waals surface area contributed by atoms with Gasteiger partial charge in [-0.2, -0.15) is 5.10 Å². The molecule has 4 heteroatoms. The Kier molecular flexibility index (Phi) is 3.01. The minimum Gasteiger partial charge on any atom is -0.324 e. The van der Waals surface area contributed by atoms with E-state index in [9.17, 15) is 0 Å². The van der Waals surface area contributed by atoms with Crippen LogP contribution in [-0.4, -0.2) is 14.8 Å². The summed E-state index contributed by atoms with van der Waals surface area (Å²) in [5.74, 6) is 0. The summed E-state index contributed by atoms with van der Waals surface area (Å²) in [6, 6.07) is 3.96. The first kappa shape index (κ1) is 10.8. The van der Waals surface area contributed by atoms with Crippen LogP contribution in [0.3, 0.4) is 0 Å². The quantitative estimate of drug-likeness (QED) is 0.843. The summed E-state index contributed by atoms with van der Waals surface area (Å²) in [5, 5.41) is 4.33. The van der Waals surface area contributed by atoms with Crippen molar-refractivity contribution in [2.24, 2.45) is 12.8 Å². The van der Waals surface area contributed by atoms with E-state index in [1.165, 1.54) is 0 Å². The highest BCUT2D eigenvalue weighted by Crippen LogP contribution is 2.17. The Labute approximate surface area is 95.1 Å². The Bertz CT molecular complexity index is 475. The van der Waals surface area contributed by atoms with Crippen LogP contribution in [-0.2, 0) is 13.5 Å². The molecule has 0 spiro atoms. The lowest BCUT2D eigenvalue weighted by Gasteiger charge is -2.12. The molecule has 0 aliphatic rings. The molecule has 84 valence electrons. The summed E-state index contributed by atoms with van der Waals surface area (Å²) < 4.78 is 1.79. The minimum absolute atomic E-state index is 0.0158. The maximum Gasteiger partial charge on any atom is 0.0643 e. The van der Waals surface area contributed by atoms with Gasteiger partial charge < -0.3 is 5.73 Å². The lowest BCUT2D eigenvalue weighted by atomic mass is 10.0. The highest BCUT2D eigenvalue weighted by Gasteiger charge is 2.10. The summed E-state index contributed by atoms with van der Waals surface area (Å²) in [7, 11) is 1.91. The fraction of sp³-hybridized carbons (Fsp3) is 0.333. The molecule has 0 aliphatic carbocycles. The van der Waals surface area contributed by atoms with Gasteiger partial charge in [-0.05, 0) is 30.2 Å². The zero-order valence-electron chi connectivity index (χ0n) is 9.59. The van der Waals surface area contributed by atoms with Crippen LogP contribution in [0.1, 0.15) is 22.9 Å². The van der Waals surface area contributed by atoms with E-state index in [1.807, 2.05) is 38.5 Å². The second-order valence-electron chi connectivity index (χ2n) is 4.02. The van der Waals surface area contributed by atoms with Crippen LogP contribution >= 0.6 is 0 Å². The minimum atomic E-state index is -0.0158. The van der Waals surface area contributed by atoms with Crippen molar-refractivity contribution in [2.45, 2.75) is 19.4 Å². The Morgan fingerprint density at radius 3 is 2.88 bits per heavy atom. The van der Waals surface area contributed by atoms with Gasteiger partial charge in [-0.1, -0.05) is 0 Å². The Balaban J connectivity index is 2.14. The lowest BCUT2D eigenvalue weighted by molar-refractivity contribution is 0.671. The summed E-state index contributed by atoms with van der Waals surface area (Å²) in [5.41, 5.74) is 9.45. The molecular weight excluding hydrogens is 200 g/mol. The van der Waals surface area contributed by atoms with Gasteiger partial charge in [0.15, 0.2) is 0 Å². The molecule has 2 heterocycles. The third-order valence-electron chi connectivity index (χ3n) is 2.66. The number of nitrogens with zero attached hydrogens (tertiary/aromatic N) is 3. The lowest BCUT2D eigenvalue weighted by Crippen LogP contribution is -2.15.